The highest BCUT2D eigenvalue weighted by molar-refractivity contribution is 5.58. The van der Waals surface area contributed by atoms with Crippen LogP contribution in [0.3, 0.4) is 0 Å². The van der Waals surface area contributed by atoms with Gasteiger partial charge in [0.2, 0.25) is 6.29 Å². The second-order valence-corrected chi connectivity index (χ2v) is 11.4. The number of ether oxygens (including phenoxy) is 4. The van der Waals surface area contributed by atoms with Crippen molar-refractivity contribution in [2.24, 2.45) is 5.92 Å². The van der Waals surface area contributed by atoms with E-state index in [0.717, 1.165) is 5.56 Å². The Morgan fingerprint density at radius 2 is 1.38 bits per heavy atom. The minimum absolute atomic E-state index is 0.0223. The fraction of sp³-hybridized carbons (Fsp3) is 0.778. The van der Waals surface area contributed by atoms with Crippen molar-refractivity contribution in [3.8, 4) is 11.5 Å². The van der Waals surface area contributed by atoms with E-state index in [1.54, 1.807) is 13.8 Å². The van der Waals surface area contributed by atoms with Crippen LogP contribution in [0.15, 0.2) is 6.07 Å². The molecule has 13 unspecified atom stereocenters. The fourth-order valence-electron chi connectivity index (χ4n) is 5.96. The van der Waals surface area contributed by atoms with Crippen LogP contribution < -0.4 is 4.74 Å². The number of aliphatic hydroxyl groups is 8. The van der Waals surface area contributed by atoms with Crippen LogP contribution in [0.5, 0.6) is 11.5 Å². The van der Waals surface area contributed by atoms with Gasteiger partial charge in [-0.2, -0.15) is 0 Å². The Kier molecular flexibility index (Phi) is 9.64. The molecule has 0 amide bonds. The zero-order valence-electron chi connectivity index (χ0n) is 22.9. The van der Waals surface area contributed by atoms with Crippen molar-refractivity contribution in [3.63, 3.8) is 0 Å². The molecule has 0 saturated carbocycles. The number of aliphatic hydroxyl groups excluding tert-OH is 8. The smallest absolute Gasteiger partial charge is 0.229 e. The van der Waals surface area contributed by atoms with E-state index in [4.69, 9.17) is 18.9 Å². The second kappa shape index (κ2) is 12.3. The summed E-state index contributed by atoms with van der Waals surface area (Å²) in [5.41, 5.74) is 1.87. The molecule has 4 rings (SSSR count). The summed E-state index contributed by atoms with van der Waals surface area (Å²) in [6.07, 6.45) is -14.9. The zero-order valence-corrected chi connectivity index (χ0v) is 22.9. The van der Waals surface area contributed by atoms with Crippen molar-refractivity contribution < 1.29 is 64.9 Å². The molecule has 13 heteroatoms. The molecule has 2 heterocycles. The van der Waals surface area contributed by atoms with Crippen molar-refractivity contribution in [1.29, 1.82) is 0 Å². The Hall–Kier alpha value is -1.62. The second-order valence-electron chi connectivity index (χ2n) is 11.4. The molecule has 3 aliphatic rings. The maximum absolute atomic E-state index is 11.5. The molecule has 0 radical (unpaired) electrons. The molecule has 40 heavy (non-hydrogen) atoms. The summed E-state index contributed by atoms with van der Waals surface area (Å²) in [5, 5.41) is 92.1. The molecule has 0 bridgehead atoms. The minimum atomic E-state index is -1.67. The quantitative estimate of drug-likeness (QED) is 0.178. The van der Waals surface area contributed by atoms with Crippen LogP contribution in [0.2, 0.25) is 0 Å². The van der Waals surface area contributed by atoms with E-state index in [-0.39, 0.29) is 23.3 Å². The van der Waals surface area contributed by atoms with E-state index in [1.165, 1.54) is 0 Å². The average Bonchev–Trinajstić information content (AvgIpc) is 2.91. The van der Waals surface area contributed by atoms with E-state index in [0.29, 0.717) is 17.5 Å². The SMILES string of the molecule is Cc1cc2c(c(O)c1OC1OC(CO)C(O)C(O)C1O)C(C)C(OC1OC(CO)C(O)C(O)C1O)CC2C(C)C. The van der Waals surface area contributed by atoms with Crippen molar-refractivity contribution in [2.45, 2.75) is 113 Å². The first-order valence-electron chi connectivity index (χ1n) is 13.6. The summed E-state index contributed by atoms with van der Waals surface area (Å²) in [6.45, 7) is 6.31. The normalized spacial score (nSPS) is 42.1. The Balaban J connectivity index is 1.66. The van der Waals surface area contributed by atoms with Gasteiger partial charge in [0.05, 0.1) is 19.3 Å². The van der Waals surface area contributed by atoms with Crippen LogP contribution in [0.1, 0.15) is 55.7 Å². The molecule has 2 fully saturated rings. The Morgan fingerprint density at radius 3 is 1.90 bits per heavy atom. The molecule has 1 aromatic carbocycles. The average molecular weight is 575 g/mol. The number of benzene rings is 1. The van der Waals surface area contributed by atoms with Crippen LogP contribution in [0.4, 0.5) is 0 Å². The number of hydrogen-bond donors (Lipinski definition) is 9. The van der Waals surface area contributed by atoms with Gasteiger partial charge >= 0.3 is 0 Å². The molecule has 9 N–H and O–H groups in total. The lowest BCUT2D eigenvalue weighted by Crippen LogP contribution is -2.60. The largest absolute Gasteiger partial charge is 0.504 e. The van der Waals surface area contributed by atoms with Gasteiger partial charge < -0.3 is 64.9 Å². The number of hydrogen-bond acceptors (Lipinski definition) is 13. The summed E-state index contributed by atoms with van der Waals surface area (Å²) < 4.78 is 23.0. The van der Waals surface area contributed by atoms with E-state index >= 15 is 0 Å². The van der Waals surface area contributed by atoms with E-state index in [1.807, 2.05) is 19.9 Å². The molecule has 2 saturated heterocycles. The number of fused-ring (bicyclic) bond motifs is 1. The highest BCUT2D eigenvalue weighted by atomic mass is 16.7. The lowest BCUT2D eigenvalue weighted by atomic mass is 9.70. The van der Waals surface area contributed by atoms with E-state index in [2.05, 4.69) is 0 Å². The Morgan fingerprint density at radius 1 is 0.850 bits per heavy atom. The molecule has 0 aromatic heterocycles. The van der Waals surface area contributed by atoms with Gasteiger partial charge in [0.1, 0.15) is 48.8 Å². The molecule has 2 aliphatic heterocycles. The first-order chi connectivity index (χ1) is 18.8. The maximum atomic E-state index is 11.5. The van der Waals surface area contributed by atoms with Crippen LogP contribution >= 0.6 is 0 Å². The van der Waals surface area contributed by atoms with Crippen LogP contribution in [-0.4, -0.2) is 127 Å². The van der Waals surface area contributed by atoms with Gasteiger partial charge in [-0.05, 0) is 36.3 Å². The first-order valence-corrected chi connectivity index (χ1v) is 13.6. The Labute approximate surface area is 232 Å². The molecule has 0 spiro atoms. The Bertz CT molecular complexity index is 1020. The molecular weight excluding hydrogens is 532 g/mol. The van der Waals surface area contributed by atoms with Crippen molar-refractivity contribution in [3.05, 3.63) is 22.8 Å². The van der Waals surface area contributed by atoms with Crippen molar-refractivity contribution >= 4 is 0 Å². The third kappa shape index (κ3) is 5.57. The van der Waals surface area contributed by atoms with E-state index < -0.39 is 86.6 Å². The molecule has 13 nitrogen and oxygen atoms in total. The van der Waals surface area contributed by atoms with E-state index in [9.17, 15) is 46.0 Å². The van der Waals surface area contributed by atoms with Gasteiger partial charge in [0.15, 0.2) is 17.8 Å². The summed E-state index contributed by atoms with van der Waals surface area (Å²) in [5.74, 6) is -0.761. The highest BCUT2D eigenvalue weighted by Gasteiger charge is 2.48. The lowest BCUT2D eigenvalue weighted by molar-refractivity contribution is -0.313. The first kappa shape index (κ1) is 31.3. The minimum Gasteiger partial charge on any atom is -0.504 e. The summed E-state index contributed by atoms with van der Waals surface area (Å²) in [6, 6.07) is 1.86. The molecule has 13 atom stereocenters. The number of phenols is 1. The van der Waals surface area contributed by atoms with Gasteiger partial charge in [-0.15, -0.1) is 0 Å². The molecule has 228 valence electrons. The van der Waals surface area contributed by atoms with Gasteiger partial charge in [-0.3, -0.25) is 0 Å². The van der Waals surface area contributed by atoms with Gasteiger partial charge in [-0.25, -0.2) is 0 Å². The predicted octanol–water partition coefficient (Wildman–Crippen LogP) is -1.69. The van der Waals surface area contributed by atoms with Crippen LogP contribution in [0.25, 0.3) is 0 Å². The van der Waals surface area contributed by atoms with Crippen LogP contribution in [-0.2, 0) is 14.2 Å². The zero-order chi connectivity index (χ0) is 29.6. The predicted molar refractivity (Wildman–Crippen MR) is 136 cm³/mol. The maximum Gasteiger partial charge on any atom is 0.229 e. The van der Waals surface area contributed by atoms with Gasteiger partial charge in [0.25, 0.3) is 0 Å². The molecule has 1 aromatic rings. The van der Waals surface area contributed by atoms with Crippen LogP contribution in [0, 0.1) is 12.8 Å². The van der Waals surface area contributed by atoms with Crippen molar-refractivity contribution in [1.82, 2.24) is 0 Å². The number of phenolic OH excluding ortho intramolecular Hbond substituents is 1. The topological polar surface area (TPSA) is 219 Å². The number of rotatable bonds is 7. The third-order valence-corrected chi connectivity index (χ3v) is 8.45. The standard InChI is InChI=1S/C27H42O13/c1-9(2)12-6-14(37-26-23(35)21(33)18(30)15(7-28)38-26)11(4)17-13(12)5-10(3)25(20(17)32)40-27-24(36)22(34)19(31)16(8-29)39-27/h5,9,11-12,14-16,18-19,21-24,26-36H,6-8H2,1-4H3. The fourth-order valence-corrected chi connectivity index (χ4v) is 5.96. The lowest BCUT2D eigenvalue weighted by Gasteiger charge is -2.44. The summed E-state index contributed by atoms with van der Waals surface area (Å²) >= 11 is 0. The van der Waals surface area contributed by atoms with Gasteiger partial charge in [0, 0.05) is 11.5 Å². The third-order valence-electron chi connectivity index (χ3n) is 8.45. The number of aromatic hydroxyl groups is 1. The monoisotopic (exact) mass is 574 g/mol. The summed E-state index contributed by atoms with van der Waals surface area (Å²) in [7, 11) is 0. The highest BCUT2D eigenvalue weighted by Crippen LogP contribution is 2.51. The van der Waals surface area contributed by atoms with Gasteiger partial charge in [-0.1, -0.05) is 26.8 Å². The molecular formula is C27H42O13. The summed E-state index contributed by atoms with van der Waals surface area (Å²) in [4.78, 5) is 0. The molecule has 1 aliphatic carbocycles. The number of aryl methyl sites for hydroxylation is 1. The van der Waals surface area contributed by atoms with Crippen molar-refractivity contribution in [2.75, 3.05) is 13.2 Å².